The maximum absolute atomic E-state index is 11.7. The number of hydrogen-bond donors (Lipinski definition) is 2. The highest BCUT2D eigenvalue weighted by Crippen LogP contribution is 2.17. The van der Waals surface area contributed by atoms with Gasteiger partial charge in [-0.1, -0.05) is 12.8 Å². The van der Waals surface area contributed by atoms with Crippen molar-refractivity contribution in [3.8, 4) is 0 Å². The van der Waals surface area contributed by atoms with Crippen LogP contribution in [0.25, 0.3) is 0 Å². The quantitative estimate of drug-likeness (QED) is 0.714. The first-order chi connectivity index (χ1) is 8.24. The Morgan fingerprint density at radius 1 is 1.18 bits per heavy atom. The van der Waals surface area contributed by atoms with E-state index in [0.717, 1.165) is 39.0 Å². The van der Waals surface area contributed by atoms with Gasteiger partial charge in [-0.05, 0) is 19.9 Å². The van der Waals surface area contributed by atoms with Crippen molar-refractivity contribution in [3.05, 3.63) is 0 Å². The minimum absolute atomic E-state index is 0.135. The molecule has 17 heavy (non-hydrogen) atoms. The first-order valence-corrected chi connectivity index (χ1v) is 6.70. The molecule has 98 valence electrons. The van der Waals surface area contributed by atoms with E-state index in [1.807, 2.05) is 0 Å². The van der Waals surface area contributed by atoms with Crippen molar-refractivity contribution in [1.82, 2.24) is 20.7 Å². The zero-order valence-corrected chi connectivity index (χ0v) is 10.7. The van der Waals surface area contributed by atoms with Crippen molar-refractivity contribution in [3.63, 3.8) is 0 Å². The Labute approximate surface area is 103 Å². The van der Waals surface area contributed by atoms with E-state index in [1.54, 1.807) is 0 Å². The van der Waals surface area contributed by atoms with E-state index in [9.17, 15) is 4.79 Å². The average molecular weight is 240 g/mol. The number of hydrazine groups is 1. The topological polar surface area (TPSA) is 47.6 Å². The van der Waals surface area contributed by atoms with Crippen molar-refractivity contribution >= 4 is 5.91 Å². The predicted octanol–water partition coefficient (Wildman–Crippen LogP) is -0.203. The number of carbonyl (C=O) groups excluding carboxylic acids is 1. The number of amides is 1. The molecule has 5 nitrogen and oxygen atoms in total. The fourth-order valence-corrected chi connectivity index (χ4v) is 2.50. The Hall–Kier alpha value is -0.650. The number of piperazine rings is 1. The molecular weight excluding hydrogens is 216 g/mol. The van der Waals surface area contributed by atoms with Crippen LogP contribution < -0.4 is 10.7 Å². The van der Waals surface area contributed by atoms with Gasteiger partial charge >= 0.3 is 0 Å². The van der Waals surface area contributed by atoms with E-state index in [0.29, 0.717) is 12.6 Å². The molecule has 1 aliphatic heterocycles. The summed E-state index contributed by atoms with van der Waals surface area (Å²) in [5.41, 5.74) is 3.21. The Morgan fingerprint density at radius 3 is 2.47 bits per heavy atom. The van der Waals surface area contributed by atoms with Gasteiger partial charge in [0.05, 0.1) is 6.54 Å². The number of nitrogens with one attached hydrogen (secondary N) is 2. The SMILES string of the molecule is CN1CCN(NCC(=O)NC2CCCC2)CC1. The smallest absolute Gasteiger partial charge is 0.235 e. The third-order valence-corrected chi connectivity index (χ3v) is 3.69. The number of rotatable bonds is 4. The van der Waals surface area contributed by atoms with E-state index in [4.69, 9.17) is 0 Å². The van der Waals surface area contributed by atoms with Gasteiger partial charge in [0.25, 0.3) is 0 Å². The summed E-state index contributed by atoms with van der Waals surface area (Å²) >= 11 is 0. The van der Waals surface area contributed by atoms with Gasteiger partial charge in [-0.3, -0.25) is 4.79 Å². The largest absolute Gasteiger partial charge is 0.352 e. The van der Waals surface area contributed by atoms with E-state index in [2.05, 4.69) is 27.7 Å². The van der Waals surface area contributed by atoms with Gasteiger partial charge in [-0.25, -0.2) is 10.4 Å². The number of carbonyl (C=O) groups is 1. The predicted molar refractivity (Wildman–Crippen MR) is 67.5 cm³/mol. The highest BCUT2D eigenvalue weighted by Gasteiger charge is 2.18. The van der Waals surface area contributed by atoms with Crippen LogP contribution in [0.2, 0.25) is 0 Å². The van der Waals surface area contributed by atoms with Gasteiger partial charge in [0.2, 0.25) is 5.91 Å². The lowest BCUT2D eigenvalue weighted by molar-refractivity contribution is -0.122. The normalized spacial score (nSPS) is 24.1. The van der Waals surface area contributed by atoms with Gasteiger partial charge < -0.3 is 10.2 Å². The number of likely N-dealkylation sites (N-methyl/N-ethyl adjacent to an activating group) is 1. The molecule has 0 aromatic heterocycles. The fraction of sp³-hybridized carbons (Fsp3) is 0.917. The van der Waals surface area contributed by atoms with Crippen molar-refractivity contribution in [2.45, 2.75) is 31.7 Å². The van der Waals surface area contributed by atoms with Crippen LogP contribution in [0.15, 0.2) is 0 Å². The Balaban J connectivity index is 1.59. The van der Waals surface area contributed by atoms with Crippen LogP contribution in [0, 0.1) is 0 Å². The number of hydrogen-bond acceptors (Lipinski definition) is 4. The van der Waals surface area contributed by atoms with Gasteiger partial charge in [-0.15, -0.1) is 0 Å². The lowest BCUT2D eigenvalue weighted by atomic mass is 10.2. The second-order valence-electron chi connectivity index (χ2n) is 5.17. The standard InChI is InChI=1S/C12H24N4O/c1-15-6-8-16(9-7-15)13-10-12(17)14-11-4-2-3-5-11/h11,13H,2-10H2,1H3,(H,14,17). The van der Waals surface area contributed by atoms with Crippen LogP contribution >= 0.6 is 0 Å². The average Bonchev–Trinajstić information content (AvgIpc) is 2.81. The molecule has 5 heteroatoms. The Bertz CT molecular complexity index is 245. The highest BCUT2D eigenvalue weighted by atomic mass is 16.2. The molecule has 0 aromatic carbocycles. The van der Waals surface area contributed by atoms with E-state index in [1.165, 1.54) is 12.8 Å². The van der Waals surface area contributed by atoms with Crippen molar-refractivity contribution in [2.75, 3.05) is 39.8 Å². The second kappa shape index (κ2) is 6.33. The van der Waals surface area contributed by atoms with Gasteiger partial charge in [0.1, 0.15) is 0 Å². The summed E-state index contributed by atoms with van der Waals surface area (Å²) in [6, 6.07) is 0.428. The molecule has 0 bridgehead atoms. The fourth-order valence-electron chi connectivity index (χ4n) is 2.50. The third kappa shape index (κ3) is 4.26. The molecule has 0 spiro atoms. The zero-order valence-electron chi connectivity index (χ0n) is 10.7. The molecular formula is C12H24N4O. The van der Waals surface area contributed by atoms with Gasteiger partial charge in [-0.2, -0.15) is 0 Å². The summed E-state index contributed by atoms with van der Waals surface area (Å²) in [5.74, 6) is 0.135. The molecule has 1 amide bonds. The summed E-state index contributed by atoms with van der Waals surface area (Å²) < 4.78 is 0. The van der Waals surface area contributed by atoms with Crippen LogP contribution in [0.3, 0.4) is 0 Å². The van der Waals surface area contributed by atoms with E-state index < -0.39 is 0 Å². The molecule has 1 saturated carbocycles. The Morgan fingerprint density at radius 2 is 1.82 bits per heavy atom. The molecule has 2 N–H and O–H groups in total. The van der Waals surface area contributed by atoms with Crippen molar-refractivity contribution < 1.29 is 4.79 Å². The highest BCUT2D eigenvalue weighted by molar-refractivity contribution is 5.78. The Kier molecular flexibility index (Phi) is 4.76. The van der Waals surface area contributed by atoms with Crippen LogP contribution in [0.1, 0.15) is 25.7 Å². The van der Waals surface area contributed by atoms with Crippen molar-refractivity contribution in [2.24, 2.45) is 0 Å². The summed E-state index contributed by atoms with van der Waals surface area (Å²) in [5, 5.41) is 5.24. The minimum Gasteiger partial charge on any atom is -0.352 e. The molecule has 2 rings (SSSR count). The molecule has 2 fully saturated rings. The van der Waals surface area contributed by atoms with Crippen LogP contribution in [-0.2, 0) is 4.79 Å². The molecule has 1 heterocycles. The van der Waals surface area contributed by atoms with Gasteiger partial charge in [0.15, 0.2) is 0 Å². The van der Waals surface area contributed by atoms with Crippen LogP contribution in [0.4, 0.5) is 0 Å². The first-order valence-electron chi connectivity index (χ1n) is 6.70. The second-order valence-corrected chi connectivity index (χ2v) is 5.17. The van der Waals surface area contributed by atoms with Crippen LogP contribution in [-0.4, -0.2) is 61.6 Å². The molecule has 0 aromatic rings. The summed E-state index contributed by atoms with van der Waals surface area (Å²) in [4.78, 5) is 14.0. The molecule has 2 aliphatic rings. The monoisotopic (exact) mass is 240 g/mol. The zero-order chi connectivity index (χ0) is 12.1. The number of nitrogens with zero attached hydrogens (tertiary/aromatic N) is 2. The van der Waals surface area contributed by atoms with Gasteiger partial charge in [0, 0.05) is 32.2 Å². The third-order valence-electron chi connectivity index (χ3n) is 3.69. The maximum atomic E-state index is 11.7. The summed E-state index contributed by atoms with van der Waals surface area (Å²) in [6.07, 6.45) is 4.83. The lowest BCUT2D eigenvalue weighted by Crippen LogP contribution is -2.53. The molecule has 0 atom stereocenters. The van der Waals surface area contributed by atoms with Crippen LogP contribution in [0.5, 0.6) is 0 Å². The molecule has 0 unspecified atom stereocenters. The minimum atomic E-state index is 0.135. The van der Waals surface area contributed by atoms with E-state index >= 15 is 0 Å². The van der Waals surface area contributed by atoms with Crippen molar-refractivity contribution in [1.29, 1.82) is 0 Å². The maximum Gasteiger partial charge on any atom is 0.235 e. The molecule has 1 saturated heterocycles. The first kappa shape index (κ1) is 12.8. The molecule has 1 aliphatic carbocycles. The van der Waals surface area contributed by atoms with E-state index in [-0.39, 0.29) is 5.91 Å². The summed E-state index contributed by atoms with van der Waals surface area (Å²) in [6.45, 7) is 4.54. The molecule has 0 radical (unpaired) electrons. The summed E-state index contributed by atoms with van der Waals surface area (Å²) in [7, 11) is 2.13. The lowest BCUT2D eigenvalue weighted by Gasteiger charge is -2.32.